The number of nitrogens with one attached hydrogen (secondary N) is 2. The molecule has 0 aliphatic carbocycles. The van der Waals surface area contributed by atoms with Crippen LogP contribution < -0.4 is 10.9 Å². The lowest BCUT2D eigenvalue weighted by molar-refractivity contribution is 0.662. The Morgan fingerprint density at radius 1 is 1.53 bits per heavy atom. The van der Waals surface area contributed by atoms with Crippen molar-refractivity contribution in [1.29, 1.82) is 0 Å². The van der Waals surface area contributed by atoms with Gasteiger partial charge >= 0.3 is 0 Å². The largest absolute Gasteiger partial charge is 0.311 e. The first-order valence-corrected chi connectivity index (χ1v) is 6.57. The fourth-order valence-corrected chi connectivity index (χ4v) is 2.17. The molecule has 0 spiro atoms. The van der Waals surface area contributed by atoms with Crippen LogP contribution in [0.1, 0.15) is 19.0 Å². The van der Waals surface area contributed by atoms with E-state index in [9.17, 15) is 4.79 Å². The number of H-pyrrole nitrogens is 1. The molecule has 17 heavy (non-hydrogen) atoms. The highest BCUT2D eigenvalue weighted by atomic mass is 32.1. The Balaban J connectivity index is 2.21. The fourth-order valence-electron chi connectivity index (χ4n) is 1.53. The van der Waals surface area contributed by atoms with E-state index in [4.69, 9.17) is 0 Å². The van der Waals surface area contributed by atoms with Crippen LogP contribution >= 0.6 is 11.3 Å². The van der Waals surface area contributed by atoms with Gasteiger partial charge < -0.3 is 10.3 Å². The van der Waals surface area contributed by atoms with Gasteiger partial charge in [-0.25, -0.2) is 4.98 Å². The zero-order chi connectivity index (χ0) is 12.1. The van der Waals surface area contributed by atoms with E-state index < -0.39 is 0 Å². The van der Waals surface area contributed by atoms with Gasteiger partial charge in [0.05, 0.1) is 5.69 Å². The van der Waals surface area contributed by atoms with Crippen molar-refractivity contribution >= 4 is 11.3 Å². The normalized spacial score (nSPS) is 10.6. The van der Waals surface area contributed by atoms with Crippen LogP contribution in [0, 0.1) is 0 Å². The van der Waals surface area contributed by atoms with Gasteiger partial charge in [-0.15, -0.1) is 0 Å². The van der Waals surface area contributed by atoms with Crippen molar-refractivity contribution in [2.75, 3.05) is 6.54 Å². The number of aromatic amines is 1. The average Bonchev–Trinajstić information content (AvgIpc) is 2.82. The number of thiophene rings is 1. The lowest BCUT2D eigenvalue weighted by atomic mass is 10.3. The van der Waals surface area contributed by atoms with E-state index in [1.54, 1.807) is 17.4 Å². The molecule has 2 rings (SSSR count). The average molecular weight is 249 g/mol. The van der Waals surface area contributed by atoms with Crippen LogP contribution in [0.4, 0.5) is 0 Å². The van der Waals surface area contributed by atoms with Crippen molar-refractivity contribution in [2.24, 2.45) is 0 Å². The topological polar surface area (TPSA) is 57.8 Å². The van der Waals surface area contributed by atoms with Gasteiger partial charge in [0, 0.05) is 23.6 Å². The van der Waals surface area contributed by atoms with Crippen LogP contribution in [0.15, 0.2) is 27.7 Å². The fraction of sp³-hybridized carbons (Fsp3) is 0.333. The molecular formula is C12H15N3OS. The van der Waals surface area contributed by atoms with Crippen molar-refractivity contribution < 1.29 is 0 Å². The Morgan fingerprint density at radius 3 is 3.12 bits per heavy atom. The van der Waals surface area contributed by atoms with Crippen molar-refractivity contribution in [2.45, 2.75) is 19.9 Å². The van der Waals surface area contributed by atoms with Crippen molar-refractivity contribution in [1.82, 2.24) is 15.3 Å². The summed E-state index contributed by atoms with van der Waals surface area (Å²) in [7, 11) is 0. The molecule has 0 saturated heterocycles. The second-order valence-corrected chi connectivity index (χ2v) is 4.55. The zero-order valence-electron chi connectivity index (χ0n) is 9.69. The maximum atomic E-state index is 11.5. The van der Waals surface area contributed by atoms with Crippen LogP contribution in [-0.2, 0) is 6.54 Å². The monoisotopic (exact) mass is 249 g/mol. The first-order valence-electron chi connectivity index (χ1n) is 5.63. The molecule has 2 heterocycles. The van der Waals surface area contributed by atoms with Gasteiger partial charge in [0.25, 0.3) is 5.56 Å². The lowest BCUT2D eigenvalue weighted by Crippen LogP contribution is -2.18. The van der Waals surface area contributed by atoms with Gasteiger partial charge in [0.15, 0.2) is 0 Å². The quantitative estimate of drug-likeness (QED) is 0.797. The Hall–Kier alpha value is -1.46. The summed E-state index contributed by atoms with van der Waals surface area (Å²) in [4.78, 5) is 18.7. The minimum Gasteiger partial charge on any atom is -0.311 e. The molecule has 0 saturated carbocycles. The highest BCUT2D eigenvalue weighted by Gasteiger charge is 2.03. The molecule has 0 atom stereocenters. The lowest BCUT2D eigenvalue weighted by Gasteiger charge is -2.04. The molecule has 0 aliphatic heterocycles. The molecule has 2 N–H and O–H groups in total. The van der Waals surface area contributed by atoms with Gasteiger partial charge in [-0.05, 0) is 24.4 Å². The molecular weight excluding hydrogens is 234 g/mol. The van der Waals surface area contributed by atoms with E-state index in [0.29, 0.717) is 12.4 Å². The molecule has 0 bridgehead atoms. The Bertz CT molecular complexity index is 519. The molecule has 0 radical (unpaired) electrons. The maximum absolute atomic E-state index is 11.5. The van der Waals surface area contributed by atoms with Crippen molar-refractivity contribution in [3.05, 3.63) is 38.9 Å². The second kappa shape index (κ2) is 5.75. The van der Waals surface area contributed by atoms with E-state index >= 15 is 0 Å². The van der Waals surface area contributed by atoms with Crippen LogP contribution in [0.5, 0.6) is 0 Å². The highest BCUT2D eigenvalue weighted by Crippen LogP contribution is 2.16. The first kappa shape index (κ1) is 12.0. The van der Waals surface area contributed by atoms with Crippen LogP contribution in [0.25, 0.3) is 11.4 Å². The van der Waals surface area contributed by atoms with Gasteiger partial charge in [0.1, 0.15) is 5.82 Å². The molecule has 0 aromatic carbocycles. The molecule has 0 unspecified atom stereocenters. The highest BCUT2D eigenvalue weighted by molar-refractivity contribution is 7.08. The molecule has 0 fully saturated rings. The third kappa shape index (κ3) is 3.25. The predicted octanol–water partition coefficient (Wildman–Crippen LogP) is 2.00. The van der Waals surface area contributed by atoms with Crippen molar-refractivity contribution in [3.8, 4) is 11.4 Å². The number of aromatic nitrogens is 2. The second-order valence-electron chi connectivity index (χ2n) is 3.77. The first-order chi connectivity index (χ1) is 8.29. The minimum atomic E-state index is -0.102. The van der Waals surface area contributed by atoms with E-state index in [1.807, 2.05) is 16.8 Å². The van der Waals surface area contributed by atoms with E-state index in [2.05, 4.69) is 22.2 Å². The third-order valence-corrected chi connectivity index (χ3v) is 3.01. The van der Waals surface area contributed by atoms with Gasteiger partial charge in [-0.1, -0.05) is 6.92 Å². The summed E-state index contributed by atoms with van der Waals surface area (Å²) in [6.45, 7) is 3.67. The number of nitrogens with zero attached hydrogens (tertiary/aromatic N) is 1. The van der Waals surface area contributed by atoms with E-state index in [0.717, 1.165) is 24.2 Å². The molecule has 2 aromatic rings. The summed E-state index contributed by atoms with van der Waals surface area (Å²) in [6, 6.07) is 3.49. The van der Waals surface area contributed by atoms with Gasteiger partial charge in [-0.2, -0.15) is 11.3 Å². The van der Waals surface area contributed by atoms with E-state index in [-0.39, 0.29) is 5.56 Å². The Labute approximate surface area is 104 Å². The molecule has 90 valence electrons. The standard InChI is InChI=1S/C12H15N3OS/c1-2-4-13-7-10-6-11(16)15-12(14-10)9-3-5-17-8-9/h3,5-6,8,13H,2,4,7H2,1H3,(H,14,15,16). The molecule has 0 aliphatic rings. The summed E-state index contributed by atoms with van der Waals surface area (Å²) in [5, 5.41) is 7.18. The Morgan fingerprint density at radius 2 is 2.41 bits per heavy atom. The van der Waals surface area contributed by atoms with E-state index in [1.165, 1.54) is 0 Å². The minimum absolute atomic E-state index is 0.102. The number of rotatable bonds is 5. The molecule has 2 aromatic heterocycles. The Kier molecular flexibility index (Phi) is 4.06. The molecule has 4 nitrogen and oxygen atoms in total. The summed E-state index contributed by atoms with van der Waals surface area (Å²) in [5.41, 5.74) is 1.64. The summed E-state index contributed by atoms with van der Waals surface area (Å²) in [6.07, 6.45) is 1.07. The molecule has 0 amide bonds. The van der Waals surface area contributed by atoms with Crippen LogP contribution in [0.3, 0.4) is 0 Å². The summed E-state index contributed by atoms with van der Waals surface area (Å²) < 4.78 is 0. The van der Waals surface area contributed by atoms with Gasteiger partial charge in [-0.3, -0.25) is 4.79 Å². The van der Waals surface area contributed by atoms with Gasteiger partial charge in [0.2, 0.25) is 0 Å². The smallest absolute Gasteiger partial charge is 0.251 e. The number of hydrogen-bond donors (Lipinski definition) is 2. The zero-order valence-corrected chi connectivity index (χ0v) is 10.5. The SMILES string of the molecule is CCCNCc1cc(=O)[nH]c(-c2ccsc2)n1. The third-order valence-electron chi connectivity index (χ3n) is 2.32. The predicted molar refractivity (Wildman–Crippen MR) is 70.2 cm³/mol. The van der Waals surface area contributed by atoms with Crippen molar-refractivity contribution in [3.63, 3.8) is 0 Å². The maximum Gasteiger partial charge on any atom is 0.251 e. The molecule has 5 heteroatoms. The van der Waals surface area contributed by atoms with Crippen LogP contribution in [-0.4, -0.2) is 16.5 Å². The number of hydrogen-bond acceptors (Lipinski definition) is 4. The van der Waals surface area contributed by atoms with Crippen LogP contribution in [0.2, 0.25) is 0 Å². The summed E-state index contributed by atoms with van der Waals surface area (Å²) >= 11 is 1.59. The summed E-state index contributed by atoms with van der Waals surface area (Å²) in [5.74, 6) is 0.645.